The van der Waals surface area contributed by atoms with E-state index in [1.807, 2.05) is 0 Å². The van der Waals surface area contributed by atoms with Crippen molar-refractivity contribution in [1.29, 1.82) is 0 Å². The van der Waals surface area contributed by atoms with E-state index >= 15 is 8.78 Å². The minimum absolute atomic E-state index is 0.0341. The van der Waals surface area contributed by atoms with Crippen LogP contribution >= 0.6 is 15.9 Å². The van der Waals surface area contributed by atoms with E-state index in [2.05, 4.69) is 26.2 Å². The highest BCUT2D eigenvalue weighted by Crippen LogP contribution is 2.55. The largest absolute Gasteiger partial charge is 0.452 e. The van der Waals surface area contributed by atoms with E-state index < -0.39 is 40.6 Å². The SMILES string of the molecule is CC(C)(C)OC(=O)NC1=N[C@](C)(c2cc(Br)ccc2F)C(F)(F)C2(CCOCC2)O1. The summed E-state index contributed by atoms with van der Waals surface area (Å²) in [6, 6.07) is 3.31. The van der Waals surface area contributed by atoms with Crippen molar-refractivity contribution in [2.75, 3.05) is 13.2 Å². The highest BCUT2D eigenvalue weighted by molar-refractivity contribution is 9.10. The Bertz CT molecular complexity index is 866. The number of alkyl halides is 2. The van der Waals surface area contributed by atoms with E-state index in [4.69, 9.17) is 14.2 Å². The molecule has 1 fully saturated rings. The first kappa shape index (κ1) is 22.9. The average molecular weight is 493 g/mol. The second-order valence-electron chi connectivity index (χ2n) is 8.52. The summed E-state index contributed by atoms with van der Waals surface area (Å²) < 4.78 is 63.0. The number of amidine groups is 1. The number of aliphatic imine (C=N–C) groups is 1. The molecule has 30 heavy (non-hydrogen) atoms. The summed E-state index contributed by atoms with van der Waals surface area (Å²) in [5, 5.41) is 2.30. The molecule has 0 radical (unpaired) electrons. The lowest BCUT2D eigenvalue weighted by molar-refractivity contribution is -0.248. The fraction of sp³-hybridized carbons (Fsp3) is 0.600. The smallest absolute Gasteiger partial charge is 0.415 e. The van der Waals surface area contributed by atoms with Gasteiger partial charge in [-0.2, -0.15) is 8.78 Å². The lowest BCUT2D eigenvalue weighted by atomic mass is 9.72. The zero-order valence-electron chi connectivity index (χ0n) is 17.2. The van der Waals surface area contributed by atoms with E-state index in [0.29, 0.717) is 4.47 Å². The third-order valence-electron chi connectivity index (χ3n) is 5.16. The van der Waals surface area contributed by atoms with Crippen LogP contribution in [0, 0.1) is 5.82 Å². The Morgan fingerprint density at radius 2 is 1.90 bits per heavy atom. The highest BCUT2D eigenvalue weighted by atomic mass is 79.9. The number of hydrogen-bond acceptors (Lipinski definition) is 5. The molecule has 1 N–H and O–H groups in total. The molecule has 0 aliphatic carbocycles. The molecule has 2 aliphatic rings. The topological polar surface area (TPSA) is 69.2 Å². The standard InChI is InChI=1S/C20H24BrF3N2O4/c1-17(2,3)30-16(27)25-15-26-18(4,13-11-12(21)5-6-14(13)22)20(23,24)19(29-15)7-9-28-10-8-19/h5-6,11H,7-10H2,1-4H3,(H,25,26,27)/t18-/m1/s1. The predicted molar refractivity (Wildman–Crippen MR) is 107 cm³/mol. The molecular weight excluding hydrogens is 469 g/mol. The number of nitrogens with zero attached hydrogens (tertiary/aromatic N) is 1. The maximum Gasteiger partial charge on any atom is 0.415 e. The van der Waals surface area contributed by atoms with Crippen molar-refractivity contribution in [3.8, 4) is 0 Å². The number of ether oxygens (including phenoxy) is 3. The molecule has 0 unspecified atom stereocenters. The van der Waals surface area contributed by atoms with Gasteiger partial charge in [0.15, 0.2) is 11.1 Å². The molecule has 0 aromatic heterocycles. The molecule has 1 amide bonds. The Hall–Kier alpha value is -1.81. The van der Waals surface area contributed by atoms with Crippen LogP contribution in [0.25, 0.3) is 0 Å². The molecule has 1 saturated heterocycles. The maximum atomic E-state index is 16.0. The summed E-state index contributed by atoms with van der Waals surface area (Å²) in [6.45, 7) is 6.18. The lowest BCUT2D eigenvalue weighted by Crippen LogP contribution is -2.67. The minimum atomic E-state index is -3.61. The number of nitrogens with one attached hydrogen (secondary N) is 1. The molecule has 0 saturated carbocycles. The Balaban J connectivity index is 2.11. The van der Waals surface area contributed by atoms with Crippen LogP contribution in [0.3, 0.4) is 0 Å². The van der Waals surface area contributed by atoms with E-state index in [0.717, 1.165) is 13.0 Å². The summed E-state index contributed by atoms with van der Waals surface area (Å²) >= 11 is 3.20. The second kappa shape index (κ2) is 7.71. The number of benzene rings is 1. The number of carbonyl (C=O) groups is 1. The molecule has 3 rings (SSSR count). The van der Waals surface area contributed by atoms with Crippen molar-refractivity contribution in [1.82, 2.24) is 5.32 Å². The first-order valence-electron chi connectivity index (χ1n) is 9.50. The van der Waals surface area contributed by atoms with Crippen LogP contribution < -0.4 is 5.32 Å². The van der Waals surface area contributed by atoms with E-state index in [9.17, 15) is 9.18 Å². The fourth-order valence-electron chi connectivity index (χ4n) is 3.65. The number of rotatable bonds is 1. The first-order valence-corrected chi connectivity index (χ1v) is 10.3. The summed E-state index contributed by atoms with van der Waals surface area (Å²) in [5.41, 5.74) is -5.51. The van der Waals surface area contributed by atoms with Gasteiger partial charge >= 0.3 is 12.0 Å². The van der Waals surface area contributed by atoms with Crippen LogP contribution in [-0.4, -0.2) is 42.5 Å². The number of hydrogen-bond donors (Lipinski definition) is 1. The number of amides is 1. The summed E-state index contributed by atoms with van der Waals surface area (Å²) in [5.74, 6) is -4.45. The Kier molecular flexibility index (Phi) is 5.87. The van der Waals surface area contributed by atoms with Crippen LogP contribution in [0.5, 0.6) is 0 Å². The van der Waals surface area contributed by atoms with Gasteiger partial charge in [0, 0.05) is 22.9 Å². The van der Waals surface area contributed by atoms with E-state index in [-0.39, 0.29) is 31.6 Å². The van der Waals surface area contributed by atoms with Crippen molar-refractivity contribution in [2.24, 2.45) is 4.99 Å². The molecule has 6 nitrogen and oxygen atoms in total. The number of alkyl carbamates (subject to hydrolysis) is 1. The van der Waals surface area contributed by atoms with Gasteiger partial charge < -0.3 is 14.2 Å². The normalized spacial score (nSPS) is 25.3. The van der Waals surface area contributed by atoms with Crippen molar-refractivity contribution < 1.29 is 32.2 Å². The van der Waals surface area contributed by atoms with Gasteiger partial charge in [-0.25, -0.2) is 19.5 Å². The van der Waals surface area contributed by atoms with Crippen molar-refractivity contribution in [3.05, 3.63) is 34.1 Å². The van der Waals surface area contributed by atoms with Gasteiger partial charge in [0.25, 0.3) is 6.02 Å². The van der Waals surface area contributed by atoms with Crippen molar-refractivity contribution >= 4 is 28.0 Å². The first-order chi connectivity index (χ1) is 13.8. The quantitative estimate of drug-likeness (QED) is 0.605. The zero-order chi connectivity index (χ0) is 22.4. The van der Waals surface area contributed by atoms with E-state index in [1.165, 1.54) is 12.1 Å². The molecule has 0 bridgehead atoms. The lowest BCUT2D eigenvalue weighted by Gasteiger charge is -2.51. The van der Waals surface area contributed by atoms with Crippen molar-refractivity contribution in [2.45, 2.75) is 63.2 Å². The molecule has 1 aromatic rings. The Morgan fingerprint density at radius 1 is 1.27 bits per heavy atom. The molecule has 166 valence electrons. The second-order valence-corrected chi connectivity index (χ2v) is 9.44. The Labute approximate surface area is 181 Å². The minimum Gasteiger partial charge on any atom is -0.452 e. The average Bonchev–Trinajstić information content (AvgIpc) is 2.61. The third kappa shape index (κ3) is 4.03. The van der Waals surface area contributed by atoms with Gasteiger partial charge in [0.1, 0.15) is 11.4 Å². The molecule has 2 heterocycles. The van der Waals surface area contributed by atoms with Crippen LogP contribution in [0.1, 0.15) is 46.1 Å². The molecule has 1 spiro atoms. The predicted octanol–water partition coefficient (Wildman–Crippen LogP) is 4.90. The molecular formula is C20H24BrF3N2O4. The van der Waals surface area contributed by atoms with Crippen LogP contribution in [0.15, 0.2) is 27.7 Å². The summed E-state index contributed by atoms with van der Waals surface area (Å²) in [4.78, 5) is 16.2. The van der Waals surface area contributed by atoms with Gasteiger partial charge in [-0.3, -0.25) is 0 Å². The van der Waals surface area contributed by atoms with Gasteiger partial charge in [0.2, 0.25) is 0 Å². The third-order valence-corrected chi connectivity index (χ3v) is 5.66. The van der Waals surface area contributed by atoms with Gasteiger partial charge in [-0.1, -0.05) is 15.9 Å². The zero-order valence-corrected chi connectivity index (χ0v) is 18.7. The van der Waals surface area contributed by atoms with E-state index in [1.54, 1.807) is 20.8 Å². The summed E-state index contributed by atoms with van der Waals surface area (Å²) in [6.07, 6.45) is -1.22. The number of halogens is 4. The van der Waals surface area contributed by atoms with Crippen LogP contribution in [0.4, 0.5) is 18.0 Å². The Morgan fingerprint density at radius 3 is 2.50 bits per heavy atom. The molecule has 1 aromatic carbocycles. The number of carbonyl (C=O) groups excluding carboxylic acids is 1. The van der Waals surface area contributed by atoms with Crippen LogP contribution in [0.2, 0.25) is 0 Å². The van der Waals surface area contributed by atoms with Gasteiger partial charge in [0.05, 0.1) is 13.2 Å². The summed E-state index contributed by atoms with van der Waals surface area (Å²) in [7, 11) is 0. The molecule has 1 atom stereocenters. The highest BCUT2D eigenvalue weighted by Gasteiger charge is 2.70. The van der Waals surface area contributed by atoms with Gasteiger partial charge in [-0.05, 0) is 45.9 Å². The van der Waals surface area contributed by atoms with Crippen molar-refractivity contribution in [3.63, 3.8) is 0 Å². The molecule has 2 aliphatic heterocycles. The van der Waals surface area contributed by atoms with Crippen LogP contribution in [-0.2, 0) is 19.7 Å². The fourth-order valence-corrected chi connectivity index (χ4v) is 4.01. The monoisotopic (exact) mass is 492 g/mol. The maximum absolute atomic E-state index is 16.0. The molecule has 10 heteroatoms. The van der Waals surface area contributed by atoms with Gasteiger partial charge in [-0.15, -0.1) is 0 Å².